The van der Waals surface area contributed by atoms with Crippen LogP contribution in [0.15, 0.2) is 34.9 Å². The number of hydrogen-bond acceptors (Lipinski definition) is 6. The average Bonchev–Trinajstić information content (AvgIpc) is 3.21. The Hall–Kier alpha value is -2.25. The van der Waals surface area contributed by atoms with Crippen LogP contribution >= 0.6 is 0 Å². The Morgan fingerprint density at radius 1 is 1.38 bits per heavy atom. The van der Waals surface area contributed by atoms with Gasteiger partial charge in [-0.2, -0.15) is 4.98 Å². The Morgan fingerprint density at radius 2 is 2.17 bits per heavy atom. The van der Waals surface area contributed by atoms with Gasteiger partial charge in [-0.25, -0.2) is 0 Å². The number of aromatic nitrogens is 2. The third kappa shape index (κ3) is 3.80. The topological polar surface area (TPSA) is 88.7 Å². The van der Waals surface area contributed by atoms with E-state index in [9.17, 15) is 9.90 Å². The van der Waals surface area contributed by atoms with E-state index in [1.165, 1.54) is 0 Å². The van der Waals surface area contributed by atoms with Crippen molar-refractivity contribution < 1.29 is 19.2 Å². The summed E-state index contributed by atoms with van der Waals surface area (Å²) in [4.78, 5) is 18.3. The quantitative estimate of drug-likeness (QED) is 0.853. The van der Waals surface area contributed by atoms with Crippen molar-refractivity contribution in [1.82, 2.24) is 15.0 Å². The van der Waals surface area contributed by atoms with E-state index in [2.05, 4.69) is 10.1 Å². The summed E-state index contributed by atoms with van der Waals surface area (Å²) in [6.45, 7) is 3.06. The molecule has 0 spiro atoms. The van der Waals surface area contributed by atoms with Gasteiger partial charge in [0.15, 0.2) is 5.82 Å². The van der Waals surface area contributed by atoms with Crippen LogP contribution in [0.3, 0.4) is 0 Å². The number of aliphatic hydroxyl groups excluding tert-OH is 1. The highest BCUT2D eigenvalue weighted by Crippen LogP contribution is 2.31. The van der Waals surface area contributed by atoms with E-state index in [1.54, 1.807) is 11.8 Å². The molecule has 7 heteroatoms. The monoisotopic (exact) mass is 331 g/mol. The number of rotatable bonds is 6. The maximum Gasteiger partial charge on any atom is 0.248 e. The predicted octanol–water partition coefficient (Wildman–Crippen LogP) is 1.13. The summed E-state index contributed by atoms with van der Waals surface area (Å²) in [5, 5.41) is 13.4. The number of hydrogen-bond donors (Lipinski definition) is 1. The van der Waals surface area contributed by atoms with Crippen molar-refractivity contribution in [2.45, 2.75) is 19.4 Å². The van der Waals surface area contributed by atoms with E-state index in [0.29, 0.717) is 31.4 Å². The molecule has 24 heavy (non-hydrogen) atoms. The summed E-state index contributed by atoms with van der Waals surface area (Å²) in [6.07, 6.45) is 0. The van der Waals surface area contributed by atoms with Crippen LogP contribution < -0.4 is 0 Å². The minimum atomic E-state index is -0.130. The average molecular weight is 331 g/mol. The molecule has 0 unspecified atom stereocenters. The molecule has 0 aliphatic carbocycles. The lowest BCUT2D eigenvalue weighted by atomic mass is 9.97. The SMILES string of the molecule is Cc1noc([C@@H]2CN(C(=O)COCc3ccccc3)C[C@H]2CO)n1. The number of likely N-dealkylation sites (tertiary alicyclic amines) is 1. The molecule has 128 valence electrons. The second kappa shape index (κ2) is 7.55. The largest absolute Gasteiger partial charge is 0.396 e. The molecule has 0 bridgehead atoms. The highest BCUT2D eigenvalue weighted by atomic mass is 16.5. The Bertz CT molecular complexity index is 673. The molecule has 1 aliphatic heterocycles. The predicted molar refractivity (Wildman–Crippen MR) is 85.0 cm³/mol. The molecule has 0 saturated carbocycles. The second-order valence-electron chi connectivity index (χ2n) is 6.01. The fraction of sp³-hybridized carbons (Fsp3) is 0.471. The van der Waals surface area contributed by atoms with Gasteiger partial charge in [0.05, 0.1) is 12.5 Å². The summed E-state index contributed by atoms with van der Waals surface area (Å²) in [5.41, 5.74) is 1.03. The normalized spacial score (nSPS) is 20.5. The van der Waals surface area contributed by atoms with Gasteiger partial charge in [-0.05, 0) is 12.5 Å². The molecule has 1 fully saturated rings. The summed E-state index contributed by atoms with van der Waals surface area (Å²) in [5.74, 6) is 0.713. The molecule has 7 nitrogen and oxygen atoms in total. The fourth-order valence-electron chi connectivity index (χ4n) is 2.93. The van der Waals surface area contributed by atoms with Gasteiger partial charge in [-0.15, -0.1) is 0 Å². The van der Waals surface area contributed by atoms with Crippen LogP contribution in [0.2, 0.25) is 0 Å². The van der Waals surface area contributed by atoms with Gasteiger partial charge in [0, 0.05) is 25.6 Å². The van der Waals surface area contributed by atoms with E-state index in [0.717, 1.165) is 5.56 Å². The lowest BCUT2D eigenvalue weighted by Gasteiger charge is -2.16. The second-order valence-corrected chi connectivity index (χ2v) is 6.01. The number of amides is 1. The van der Waals surface area contributed by atoms with Crippen molar-refractivity contribution in [3.8, 4) is 0 Å². The molecule has 2 aromatic rings. The minimum absolute atomic E-state index is 0.0165. The lowest BCUT2D eigenvalue weighted by molar-refractivity contribution is -0.135. The number of aliphatic hydroxyl groups is 1. The zero-order chi connectivity index (χ0) is 16.9. The van der Waals surface area contributed by atoms with Crippen LogP contribution in [0.4, 0.5) is 0 Å². The number of aryl methyl sites for hydroxylation is 1. The van der Waals surface area contributed by atoms with Gasteiger partial charge in [-0.1, -0.05) is 35.5 Å². The summed E-state index contributed by atoms with van der Waals surface area (Å²) >= 11 is 0. The van der Waals surface area contributed by atoms with Gasteiger partial charge in [0.25, 0.3) is 0 Å². The van der Waals surface area contributed by atoms with Crippen LogP contribution in [0, 0.1) is 12.8 Å². The molecule has 1 aliphatic rings. The minimum Gasteiger partial charge on any atom is -0.396 e. The first-order chi connectivity index (χ1) is 11.7. The van der Waals surface area contributed by atoms with Crippen LogP contribution in [-0.2, 0) is 16.1 Å². The van der Waals surface area contributed by atoms with E-state index >= 15 is 0 Å². The molecular formula is C17H21N3O4. The maximum atomic E-state index is 12.3. The number of nitrogens with zero attached hydrogens (tertiary/aromatic N) is 3. The third-order valence-corrected chi connectivity index (χ3v) is 4.23. The molecule has 3 rings (SSSR count). The highest BCUT2D eigenvalue weighted by Gasteiger charge is 2.38. The molecular weight excluding hydrogens is 310 g/mol. The van der Waals surface area contributed by atoms with E-state index in [4.69, 9.17) is 9.26 Å². The Balaban J connectivity index is 1.54. The third-order valence-electron chi connectivity index (χ3n) is 4.23. The van der Waals surface area contributed by atoms with Gasteiger partial charge in [-0.3, -0.25) is 4.79 Å². The van der Waals surface area contributed by atoms with Crippen LogP contribution in [0.1, 0.15) is 23.2 Å². The van der Waals surface area contributed by atoms with Crippen LogP contribution in [-0.4, -0.2) is 52.4 Å². The lowest BCUT2D eigenvalue weighted by Crippen LogP contribution is -2.32. The standard InChI is InChI=1S/C17H21N3O4/c1-12-18-17(24-19-12)15-8-20(7-14(15)9-21)16(22)11-23-10-13-5-3-2-4-6-13/h2-6,14-15,21H,7-11H2,1H3/t14-,15+/m0/s1. The molecule has 1 N–H and O–H groups in total. The van der Waals surface area contributed by atoms with Crippen molar-refractivity contribution in [1.29, 1.82) is 0 Å². The van der Waals surface area contributed by atoms with Crippen molar-refractivity contribution >= 4 is 5.91 Å². The van der Waals surface area contributed by atoms with E-state index in [1.807, 2.05) is 30.3 Å². The number of benzene rings is 1. The zero-order valence-corrected chi connectivity index (χ0v) is 13.6. The zero-order valence-electron chi connectivity index (χ0n) is 13.6. The first-order valence-electron chi connectivity index (χ1n) is 7.98. The van der Waals surface area contributed by atoms with Crippen LogP contribution in [0.25, 0.3) is 0 Å². The Morgan fingerprint density at radius 3 is 2.83 bits per heavy atom. The Labute approximate surface area is 140 Å². The van der Waals surface area contributed by atoms with Crippen molar-refractivity contribution in [3.05, 3.63) is 47.6 Å². The molecule has 2 heterocycles. The Kier molecular flexibility index (Phi) is 5.22. The van der Waals surface area contributed by atoms with E-state index in [-0.39, 0.29) is 31.0 Å². The smallest absolute Gasteiger partial charge is 0.248 e. The molecule has 1 aromatic carbocycles. The van der Waals surface area contributed by atoms with Crippen molar-refractivity contribution in [2.24, 2.45) is 5.92 Å². The number of ether oxygens (including phenoxy) is 1. The van der Waals surface area contributed by atoms with Gasteiger partial charge in [0.2, 0.25) is 11.8 Å². The molecule has 1 amide bonds. The first-order valence-corrected chi connectivity index (χ1v) is 7.98. The van der Waals surface area contributed by atoms with Crippen molar-refractivity contribution in [2.75, 3.05) is 26.3 Å². The van der Waals surface area contributed by atoms with Gasteiger partial charge >= 0.3 is 0 Å². The van der Waals surface area contributed by atoms with Crippen LogP contribution in [0.5, 0.6) is 0 Å². The number of carbonyl (C=O) groups excluding carboxylic acids is 1. The summed E-state index contributed by atoms with van der Waals surface area (Å²) in [7, 11) is 0. The molecule has 0 radical (unpaired) electrons. The molecule has 2 atom stereocenters. The number of carbonyl (C=O) groups is 1. The first kappa shape index (κ1) is 16.6. The molecule has 1 aromatic heterocycles. The summed E-state index contributed by atoms with van der Waals surface area (Å²) in [6, 6.07) is 9.72. The highest BCUT2D eigenvalue weighted by molar-refractivity contribution is 5.77. The van der Waals surface area contributed by atoms with Gasteiger partial charge in [0.1, 0.15) is 6.61 Å². The maximum absolute atomic E-state index is 12.3. The van der Waals surface area contributed by atoms with E-state index < -0.39 is 0 Å². The molecule has 1 saturated heterocycles. The summed E-state index contributed by atoms with van der Waals surface area (Å²) < 4.78 is 10.7. The fourth-order valence-corrected chi connectivity index (χ4v) is 2.93. The van der Waals surface area contributed by atoms with Gasteiger partial charge < -0.3 is 19.3 Å². The van der Waals surface area contributed by atoms with Crippen molar-refractivity contribution in [3.63, 3.8) is 0 Å².